The van der Waals surface area contributed by atoms with Crippen LogP contribution in [0, 0.1) is 0 Å². The molecule has 0 rings (SSSR count). The number of hydrogen-bond donors (Lipinski definition) is 1. The smallest absolute Gasteiger partial charge is 0.302 e. The number of rotatable bonds is 9. The van der Waals surface area contributed by atoms with Crippen LogP contribution >= 0.6 is 0 Å². The van der Waals surface area contributed by atoms with Crippen molar-refractivity contribution >= 4 is 5.97 Å². The molecule has 0 radical (unpaired) electrons. The molecule has 3 heteroatoms. The molecule has 0 aromatic rings. The van der Waals surface area contributed by atoms with Gasteiger partial charge in [-0.1, -0.05) is 43.9 Å². The molecule has 0 aliphatic carbocycles. The van der Waals surface area contributed by atoms with Crippen molar-refractivity contribution in [2.24, 2.45) is 0 Å². The van der Waals surface area contributed by atoms with Crippen LogP contribution in [0.4, 0.5) is 0 Å². The lowest BCUT2D eigenvalue weighted by Gasteiger charge is -2.16. The van der Waals surface area contributed by atoms with Crippen LogP contribution in [0.5, 0.6) is 0 Å². The van der Waals surface area contributed by atoms with E-state index in [4.69, 9.17) is 4.74 Å². The molecule has 21 heavy (non-hydrogen) atoms. The zero-order valence-corrected chi connectivity index (χ0v) is 14.6. The summed E-state index contributed by atoms with van der Waals surface area (Å²) in [6.07, 6.45) is 10.0. The van der Waals surface area contributed by atoms with E-state index in [0.717, 1.165) is 19.3 Å². The SMILES string of the molecule is C=CC(C)(O)CCC=C(C)C.CCCCCCOC(C)=O. The predicted octanol–water partition coefficient (Wildman–Crippen LogP) is 4.80. The van der Waals surface area contributed by atoms with Crippen molar-refractivity contribution in [2.45, 2.75) is 78.7 Å². The molecule has 1 N–H and O–H groups in total. The molecule has 3 nitrogen and oxygen atoms in total. The number of ether oxygens (including phenoxy) is 1. The Labute approximate surface area is 131 Å². The number of unbranched alkanes of at least 4 members (excludes halogenated alkanes) is 3. The minimum absolute atomic E-state index is 0.170. The van der Waals surface area contributed by atoms with E-state index in [9.17, 15) is 9.90 Å². The molecule has 124 valence electrons. The van der Waals surface area contributed by atoms with Gasteiger partial charge < -0.3 is 9.84 Å². The Morgan fingerprint density at radius 2 is 1.86 bits per heavy atom. The summed E-state index contributed by atoms with van der Waals surface area (Å²) >= 11 is 0. The van der Waals surface area contributed by atoms with Gasteiger partial charge >= 0.3 is 5.97 Å². The molecule has 0 aromatic heterocycles. The van der Waals surface area contributed by atoms with Crippen molar-refractivity contribution in [3.05, 3.63) is 24.3 Å². The minimum atomic E-state index is -0.702. The fraction of sp³-hybridized carbons (Fsp3) is 0.722. The summed E-state index contributed by atoms with van der Waals surface area (Å²) in [4.78, 5) is 10.3. The van der Waals surface area contributed by atoms with Crippen LogP contribution in [0.15, 0.2) is 24.3 Å². The lowest BCUT2D eigenvalue weighted by molar-refractivity contribution is -0.141. The number of carbonyl (C=O) groups is 1. The molecule has 0 fully saturated rings. The van der Waals surface area contributed by atoms with E-state index in [1.165, 1.54) is 31.8 Å². The van der Waals surface area contributed by atoms with Crippen molar-refractivity contribution in [3.63, 3.8) is 0 Å². The Morgan fingerprint density at radius 3 is 2.29 bits per heavy atom. The van der Waals surface area contributed by atoms with Gasteiger partial charge in [-0.2, -0.15) is 0 Å². The second-order valence-electron chi connectivity index (χ2n) is 5.78. The summed E-state index contributed by atoms with van der Waals surface area (Å²) < 4.78 is 4.75. The highest BCUT2D eigenvalue weighted by molar-refractivity contribution is 5.65. The molecular formula is C18H34O3. The summed E-state index contributed by atoms with van der Waals surface area (Å²) in [6.45, 7) is 13.6. The highest BCUT2D eigenvalue weighted by Gasteiger charge is 2.12. The van der Waals surface area contributed by atoms with Crippen molar-refractivity contribution < 1.29 is 14.6 Å². The Morgan fingerprint density at radius 1 is 1.24 bits per heavy atom. The average molecular weight is 298 g/mol. The lowest BCUT2D eigenvalue weighted by atomic mass is 10.00. The summed E-state index contributed by atoms with van der Waals surface area (Å²) in [6, 6.07) is 0. The first-order valence-electron chi connectivity index (χ1n) is 7.88. The maximum atomic E-state index is 10.3. The van der Waals surface area contributed by atoms with Gasteiger partial charge in [-0.05, 0) is 40.0 Å². The summed E-state index contributed by atoms with van der Waals surface area (Å²) in [5.41, 5.74) is 0.594. The normalized spacial score (nSPS) is 12.5. The van der Waals surface area contributed by atoms with Crippen LogP contribution < -0.4 is 0 Å². The van der Waals surface area contributed by atoms with E-state index >= 15 is 0 Å². The first kappa shape index (κ1) is 22.2. The van der Waals surface area contributed by atoms with Gasteiger partial charge in [0, 0.05) is 6.92 Å². The first-order chi connectivity index (χ1) is 9.75. The van der Waals surface area contributed by atoms with E-state index < -0.39 is 5.60 Å². The largest absolute Gasteiger partial charge is 0.466 e. The van der Waals surface area contributed by atoms with Gasteiger partial charge in [-0.3, -0.25) is 4.79 Å². The maximum absolute atomic E-state index is 10.3. The standard InChI is InChI=1S/C10H18O.C8H16O2/c1-5-10(4,11)8-6-7-9(2)3;1-3-4-5-6-7-10-8(2)9/h5,7,11H,1,6,8H2,2-4H3;3-7H2,1-2H3. The number of allylic oxidation sites excluding steroid dienone is 2. The topological polar surface area (TPSA) is 46.5 Å². The molecule has 0 saturated heterocycles. The Bertz CT molecular complexity index is 300. The van der Waals surface area contributed by atoms with Gasteiger partial charge in [0.15, 0.2) is 0 Å². The van der Waals surface area contributed by atoms with E-state index in [-0.39, 0.29) is 5.97 Å². The lowest BCUT2D eigenvalue weighted by Crippen LogP contribution is -2.19. The van der Waals surface area contributed by atoms with Crippen LogP contribution in [0.2, 0.25) is 0 Å². The number of esters is 1. The Hall–Kier alpha value is -1.09. The minimum Gasteiger partial charge on any atom is -0.466 e. The van der Waals surface area contributed by atoms with Gasteiger partial charge in [0.2, 0.25) is 0 Å². The highest BCUT2D eigenvalue weighted by atomic mass is 16.5. The predicted molar refractivity (Wildman–Crippen MR) is 90.3 cm³/mol. The van der Waals surface area contributed by atoms with E-state index in [1.807, 2.05) is 0 Å². The van der Waals surface area contributed by atoms with E-state index in [2.05, 4.69) is 33.4 Å². The molecule has 1 unspecified atom stereocenters. The molecule has 0 spiro atoms. The molecule has 0 saturated carbocycles. The zero-order valence-electron chi connectivity index (χ0n) is 14.6. The van der Waals surface area contributed by atoms with Crippen LogP contribution in [0.1, 0.15) is 73.1 Å². The highest BCUT2D eigenvalue weighted by Crippen LogP contribution is 2.13. The van der Waals surface area contributed by atoms with Crippen molar-refractivity contribution in [2.75, 3.05) is 6.61 Å². The third kappa shape index (κ3) is 21.4. The van der Waals surface area contributed by atoms with Crippen LogP contribution in [-0.4, -0.2) is 23.3 Å². The Balaban J connectivity index is 0. The van der Waals surface area contributed by atoms with Crippen LogP contribution in [0.3, 0.4) is 0 Å². The summed E-state index contributed by atoms with van der Waals surface area (Å²) in [5.74, 6) is -0.170. The molecule has 0 heterocycles. The van der Waals surface area contributed by atoms with Crippen molar-refractivity contribution in [3.8, 4) is 0 Å². The molecule has 1 atom stereocenters. The third-order valence-corrected chi connectivity index (χ3v) is 2.95. The van der Waals surface area contributed by atoms with Crippen LogP contribution in [0.25, 0.3) is 0 Å². The molecule has 0 aliphatic rings. The number of carbonyl (C=O) groups excluding carboxylic acids is 1. The second kappa shape index (κ2) is 13.9. The van der Waals surface area contributed by atoms with Crippen molar-refractivity contribution in [1.82, 2.24) is 0 Å². The monoisotopic (exact) mass is 298 g/mol. The molecule has 0 bridgehead atoms. The number of hydrogen-bond acceptors (Lipinski definition) is 3. The molecular weight excluding hydrogens is 264 g/mol. The fourth-order valence-electron chi connectivity index (χ4n) is 1.50. The summed E-state index contributed by atoms with van der Waals surface area (Å²) in [7, 11) is 0. The average Bonchev–Trinajstić information content (AvgIpc) is 2.38. The van der Waals surface area contributed by atoms with E-state index in [0.29, 0.717) is 6.61 Å². The fourth-order valence-corrected chi connectivity index (χ4v) is 1.50. The quantitative estimate of drug-likeness (QED) is 0.378. The zero-order chi connectivity index (χ0) is 16.7. The van der Waals surface area contributed by atoms with Crippen LogP contribution in [-0.2, 0) is 9.53 Å². The van der Waals surface area contributed by atoms with E-state index in [1.54, 1.807) is 13.0 Å². The van der Waals surface area contributed by atoms with Crippen molar-refractivity contribution in [1.29, 1.82) is 0 Å². The van der Waals surface area contributed by atoms with Gasteiger partial charge in [0.25, 0.3) is 0 Å². The third-order valence-electron chi connectivity index (χ3n) is 2.95. The molecule has 0 aromatic carbocycles. The van der Waals surface area contributed by atoms with Gasteiger partial charge in [0.05, 0.1) is 12.2 Å². The van der Waals surface area contributed by atoms with Gasteiger partial charge in [-0.15, -0.1) is 6.58 Å². The summed E-state index contributed by atoms with van der Waals surface area (Å²) in [5, 5.41) is 9.49. The van der Waals surface area contributed by atoms with Gasteiger partial charge in [-0.25, -0.2) is 0 Å². The Kier molecular flexibility index (Phi) is 14.7. The van der Waals surface area contributed by atoms with Gasteiger partial charge in [0.1, 0.15) is 0 Å². The molecule has 0 aliphatic heterocycles. The number of aliphatic hydroxyl groups is 1. The second-order valence-corrected chi connectivity index (χ2v) is 5.78. The maximum Gasteiger partial charge on any atom is 0.302 e. The first-order valence-corrected chi connectivity index (χ1v) is 7.88. The molecule has 0 amide bonds.